The lowest BCUT2D eigenvalue weighted by Gasteiger charge is -2.29. The van der Waals surface area contributed by atoms with E-state index in [1.165, 1.54) is 0 Å². The van der Waals surface area contributed by atoms with Crippen molar-refractivity contribution in [3.8, 4) is 28.7 Å². The van der Waals surface area contributed by atoms with Gasteiger partial charge in [0.15, 0.2) is 0 Å². The Kier molecular flexibility index (Phi) is 6.12. The highest BCUT2D eigenvalue weighted by atomic mass is 16.5. The molecule has 174 valence electrons. The summed E-state index contributed by atoms with van der Waals surface area (Å²) in [6.45, 7) is 9.64. The van der Waals surface area contributed by atoms with Crippen LogP contribution in [0.5, 0.6) is 28.7 Å². The molecule has 0 aliphatic carbocycles. The molecule has 0 amide bonds. The molecule has 0 aliphatic heterocycles. The Morgan fingerprint density at radius 1 is 0.588 bits per heavy atom. The molecule has 0 radical (unpaired) electrons. The largest absolute Gasteiger partial charge is 0.508 e. The fourth-order valence-electron chi connectivity index (χ4n) is 4.06. The molecule has 0 unspecified atom stereocenters. The number of nitrogens with zero attached hydrogens (tertiary/aromatic N) is 1. The lowest BCUT2D eigenvalue weighted by atomic mass is 10.0. The van der Waals surface area contributed by atoms with Crippen molar-refractivity contribution in [1.82, 2.24) is 0 Å². The van der Waals surface area contributed by atoms with Crippen molar-refractivity contribution in [2.45, 2.75) is 34.6 Å². The molecule has 0 atom stereocenters. The maximum atomic E-state index is 10.5. The normalized spacial score (nSPS) is 10.9. The van der Waals surface area contributed by atoms with Crippen molar-refractivity contribution in [2.24, 2.45) is 0 Å². The molecule has 0 aromatic heterocycles. The molecule has 5 heteroatoms. The van der Waals surface area contributed by atoms with Crippen LogP contribution in [0.3, 0.4) is 0 Å². The third kappa shape index (κ3) is 4.50. The zero-order valence-corrected chi connectivity index (χ0v) is 20.0. The average Bonchev–Trinajstić information content (AvgIpc) is 2.78. The SMILES string of the molecule is Cc1cc(C)c(N(c2cccc(Oc3cc(O)ccc3C)c2)c2cc(O)c(C)cc2C)cc1O. The Labute approximate surface area is 200 Å². The van der Waals surface area contributed by atoms with Gasteiger partial charge in [0.1, 0.15) is 28.7 Å². The number of phenols is 3. The van der Waals surface area contributed by atoms with Gasteiger partial charge in [-0.05, 0) is 80.6 Å². The molecule has 0 saturated heterocycles. The molecule has 0 spiro atoms. The molecule has 0 bridgehead atoms. The van der Waals surface area contributed by atoms with Crippen molar-refractivity contribution < 1.29 is 20.1 Å². The summed E-state index contributed by atoms with van der Waals surface area (Å²) in [5, 5.41) is 30.9. The van der Waals surface area contributed by atoms with Crippen LogP contribution < -0.4 is 9.64 Å². The van der Waals surface area contributed by atoms with E-state index in [2.05, 4.69) is 0 Å². The van der Waals surface area contributed by atoms with E-state index in [4.69, 9.17) is 4.74 Å². The monoisotopic (exact) mass is 455 g/mol. The van der Waals surface area contributed by atoms with Crippen molar-refractivity contribution in [3.05, 3.63) is 94.5 Å². The standard InChI is InChI=1S/C29H29NO4/c1-17-9-10-23(31)14-29(17)34-24-8-6-7-22(13-24)30(25-15-27(32)20(4)11-18(25)2)26-16-28(33)21(5)12-19(26)3/h6-16,31-33H,1-5H3. The number of phenolic OH excluding ortho intramolecular Hbond substituents is 3. The minimum absolute atomic E-state index is 0.134. The molecule has 0 fully saturated rings. The number of aryl methyl sites for hydroxylation is 5. The predicted octanol–water partition coefficient (Wildman–Crippen LogP) is 7.61. The summed E-state index contributed by atoms with van der Waals surface area (Å²) in [5.41, 5.74) is 6.82. The molecule has 4 rings (SSSR count). The third-order valence-corrected chi connectivity index (χ3v) is 5.99. The second-order valence-electron chi connectivity index (χ2n) is 8.73. The summed E-state index contributed by atoms with van der Waals surface area (Å²) in [6.07, 6.45) is 0. The predicted molar refractivity (Wildman–Crippen MR) is 136 cm³/mol. The minimum Gasteiger partial charge on any atom is -0.508 e. The summed E-state index contributed by atoms with van der Waals surface area (Å²) in [7, 11) is 0. The zero-order valence-electron chi connectivity index (χ0n) is 20.0. The smallest absolute Gasteiger partial charge is 0.134 e. The second-order valence-corrected chi connectivity index (χ2v) is 8.73. The van der Waals surface area contributed by atoms with Crippen LogP contribution in [0.1, 0.15) is 27.8 Å². The van der Waals surface area contributed by atoms with Crippen LogP contribution in [-0.4, -0.2) is 15.3 Å². The minimum atomic E-state index is 0.134. The van der Waals surface area contributed by atoms with Gasteiger partial charge < -0.3 is 25.0 Å². The maximum absolute atomic E-state index is 10.5. The topological polar surface area (TPSA) is 73.2 Å². The van der Waals surface area contributed by atoms with Crippen molar-refractivity contribution in [2.75, 3.05) is 4.90 Å². The van der Waals surface area contributed by atoms with Gasteiger partial charge in [0.25, 0.3) is 0 Å². The summed E-state index contributed by atoms with van der Waals surface area (Å²) >= 11 is 0. The van der Waals surface area contributed by atoms with E-state index in [1.807, 2.05) is 75.9 Å². The van der Waals surface area contributed by atoms with E-state index in [1.54, 1.807) is 30.3 Å². The number of ether oxygens (including phenoxy) is 1. The number of aromatic hydroxyl groups is 3. The van der Waals surface area contributed by atoms with Gasteiger partial charge >= 0.3 is 0 Å². The summed E-state index contributed by atoms with van der Waals surface area (Å²) in [5.74, 6) is 1.69. The number of anilines is 3. The second kappa shape index (κ2) is 9.02. The van der Waals surface area contributed by atoms with Gasteiger partial charge in [-0.25, -0.2) is 0 Å². The first-order valence-electron chi connectivity index (χ1n) is 11.1. The molecule has 4 aromatic rings. The lowest BCUT2D eigenvalue weighted by Crippen LogP contribution is -2.13. The maximum Gasteiger partial charge on any atom is 0.134 e. The van der Waals surface area contributed by atoms with Gasteiger partial charge in [0.2, 0.25) is 0 Å². The Hall–Kier alpha value is -4.12. The van der Waals surface area contributed by atoms with Crippen LogP contribution in [0.15, 0.2) is 66.7 Å². The van der Waals surface area contributed by atoms with Gasteiger partial charge in [-0.2, -0.15) is 0 Å². The number of hydrogen-bond donors (Lipinski definition) is 3. The Morgan fingerprint density at radius 2 is 1.18 bits per heavy atom. The molecule has 5 nitrogen and oxygen atoms in total. The lowest BCUT2D eigenvalue weighted by molar-refractivity contribution is 0.453. The quantitative estimate of drug-likeness (QED) is 0.289. The van der Waals surface area contributed by atoms with Gasteiger partial charge in [-0.15, -0.1) is 0 Å². The molecule has 0 aliphatic rings. The highest BCUT2D eigenvalue weighted by molar-refractivity contribution is 5.82. The first kappa shape index (κ1) is 23.1. The third-order valence-electron chi connectivity index (χ3n) is 5.99. The van der Waals surface area contributed by atoms with Crippen molar-refractivity contribution >= 4 is 17.1 Å². The molecule has 4 aromatic carbocycles. The van der Waals surface area contributed by atoms with Crippen LogP contribution >= 0.6 is 0 Å². The van der Waals surface area contributed by atoms with Crippen molar-refractivity contribution in [3.63, 3.8) is 0 Å². The Bertz CT molecular complexity index is 1320. The van der Waals surface area contributed by atoms with Crippen LogP contribution in [0, 0.1) is 34.6 Å². The number of benzene rings is 4. The summed E-state index contributed by atoms with van der Waals surface area (Å²) in [4.78, 5) is 2.01. The highest BCUT2D eigenvalue weighted by Gasteiger charge is 2.20. The van der Waals surface area contributed by atoms with E-state index in [0.717, 1.165) is 44.9 Å². The zero-order chi connectivity index (χ0) is 24.6. The number of rotatable bonds is 5. The van der Waals surface area contributed by atoms with Crippen LogP contribution in [0.2, 0.25) is 0 Å². The van der Waals surface area contributed by atoms with Gasteiger partial charge in [0, 0.05) is 30.0 Å². The Balaban J connectivity index is 1.88. The molecule has 0 heterocycles. The average molecular weight is 456 g/mol. The molecule has 0 saturated carbocycles. The molecule has 34 heavy (non-hydrogen) atoms. The summed E-state index contributed by atoms with van der Waals surface area (Å²) < 4.78 is 6.11. The van der Waals surface area contributed by atoms with Crippen LogP contribution in [-0.2, 0) is 0 Å². The van der Waals surface area contributed by atoms with Crippen molar-refractivity contribution in [1.29, 1.82) is 0 Å². The van der Waals surface area contributed by atoms with Gasteiger partial charge in [-0.1, -0.05) is 24.3 Å². The first-order valence-corrected chi connectivity index (χ1v) is 11.1. The Morgan fingerprint density at radius 3 is 1.76 bits per heavy atom. The first-order chi connectivity index (χ1) is 16.1. The van der Waals surface area contributed by atoms with Crippen LogP contribution in [0.4, 0.5) is 17.1 Å². The fraction of sp³-hybridized carbons (Fsp3) is 0.172. The van der Waals surface area contributed by atoms with E-state index in [-0.39, 0.29) is 17.2 Å². The van der Waals surface area contributed by atoms with Gasteiger partial charge in [-0.3, -0.25) is 0 Å². The van der Waals surface area contributed by atoms with E-state index in [9.17, 15) is 15.3 Å². The molecular weight excluding hydrogens is 426 g/mol. The summed E-state index contributed by atoms with van der Waals surface area (Å²) in [6, 6.07) is 20.0. The fourth-order valence-corrected chi connectivity index (χ4v) is 4.06. The number of hydrogen-bond acceptors (Lipinski definition) is 5. The van der Waals surface area contributed by atoms with Crippen LogP contribution in [0.25, 0.3) is 0 Å². The van der Waals surface area contributed by atoms with E-state index >= 15 is 0 Å². The van der Waals surface area contributed by atoms with E-state index in [0.29, 0.717) is 11.5 Å². The highest BCUT2D eigenvalue weighted by Crippen LogP contribution is 2.43. The molecule has 3 N–H and O–H groups in total. The molecular formula is C29H29NO4. The van der Waals surface area contributed by atoms with Gasteiger partial charge in [0.05, 0.1) is 11.4 Å². The van der Waals surface area contributed by atoms with E-state index < -0.39 is 0 Å².